The van der Waals surface area contributed by atoms with Gasteiger partial charge >= 0.3 is 5.97 Å². The van der Waals surface area contributed by atoms with Crippen LogP contribution in [0.4, 0.5) is 0 Å². The van der Waals surface area contributed by atoms with Crippen LogP contribution in [0, 0.1) is 0 Å². The quantitative estimate of drug-likeness (QED) is 0.841. The van der Waals surface area contributed by atoms with Crippen molar-refractivity contribution >= 4 is 5.97 Å². The van der Waals surface area contributed by atoms with Crippen LogP contribution in [0.2, 0.25) is 0 Å². The fourth-order valence-electron chi connectivity index (χ4n) is 1.46. The van der Waals surface area contributed by atoms with Crippen LogP contribution in [-0.4, -0.2) is 28.2 Å². The Balaban J connectivity index is 2.06. The topological polar surface area (TPSA) is 84.4 Å². The predicted octanol–water partition coefficient (Wildman–Crippen LogP) is 1.70. The Bertz CT molecular complexity index is 551. The van der Waals surface area contributed by atoms with Crippen molar-refractivity contribution < 1.29 is 19.4 Å². The minimum atomic E-state index is -1.08. The van der Waals surface area contributed by atoms with Crippen molar-refractivity contribution in [2.24, 2.45) is 0 Å². The molecule has 2 rings (SSSR count). The molecule has 0 saturated heterocycles. The van der Waals surface area contributed by atoms with Crippen LogP contribution in [0.15, 0.2) is 30.6 Å². The highest BCUT2D eigenvalue weighted by molar-refractivity contribution is 5.86. The van der Waals surface area contributed by atoms with Crippen molar-refractivity contribution in [3.63, 3.8) is 0 Å². The summed E-state index contributed by atoms with van der Waals surface area (Å²) in [4.78, 5) is 17.3. The number of hydrogen-bond acceptors (Lipinski definition) is 4. The standard InChI is InChI=1S/C12H12N2O4/c1-17-8-3-2-4-9(5-8)18-6-10-11(12(15)16)14-7-13-10/h2-5,7H,6H2,1H3,(H,13,14)(H,15,16). The highest BCUT2D eigenvalue weighted by atomic mass is 16.5. The molecule has 6 heteroatoms. The Hall–Kier alpha value is -2.50. The molecule has 94 valence electrons. The molecular weight excluding hydrogens is 236 g/mol. The monoisotopic (exact) mass is 248 g/mol. The average molecular weight is 248 g/mol. The van der Waals surface area contributed by atoms with E-state index in [1.807, 2.05) is 0 Å². The fourth-order valence-corrected chi connectivity index (χ4v) is 1.46. The number of nitrogens with zero attached hydrogens (tertiary/aromatic N) is 1. The number of benzene rings is 1. The van der Waals surface area contributed by atoms with E-state index in [0.717, 1.165) is 0 Å². The third kappa shape index (κ3) is 2.60. The minimum absolute atomic E-state index is 0.0297. The number of carboxylic acid groups (broad SMARTS) is 1. The molecule has 0 amide bonds. The molecule has 1 heterocycles. The second-order valence-electron chi connectivity index (χ2n) is 3.50. The van der Waals surface area contributed by atoms with Crippen LogP contribution in [0.25, 0.3) is 0 Å². The van der Waals surface area contributed by atoms with Gasteiger partial charge in [0.05, 0.1) is 19.1 Å². The van der Waals surface area contributed by atoms with E-state index >= 15 is 0 Å². The summed E-state index contributed by atoms with van der Waals surface area (Å²) >= 11 is 0. The Kier molecular flexibility index (Phi) is 3.47. The van der Waals surface area contributed by atoms with Gasteiger partial charge in [0.2, 0.25) is 0 Å². The molecule has 0 aliphatic rings. The van der Waals surface area contributed by atoms with Gasteiger partial charge in [-0.05, 0) is 12.1 Å². The fraction of sp³-hybridized carbons (Fsp3) is 0.167. The third-order valence-electron chi connectivity index (χ3n) is 2.35. The molecule has 18 heavy (non-hydrogen) atoms. The molecule has 0 atom stereocenters. The number of aromatic amines is 1. The molecule has 0 aliphatic heterocycles. The Labute approximate surface area is 103 Å². The van der Waals surface area contributed by atoms with Gasteiger partial charge in [0, 0.05) is 6.07 Å². The number of imidazole rings is 1. The number of H-pyrrole nitrogens is 1. The number of aromatic carboxylic acids is 1. The van der Waals surface area contributed by atoms with Gasteiger partial charge in [-0.2, -0.15) is 0 Å². The number of aromatic nitrogens is 2. The lowest BCUT2D eigenvalue weighted by molar-refractivity contribution is 0.0688. The largest absolute Gasteiger partial charge is 0.497 e. The maximum atomic E-state index is 10.8. The normalized spacial score (nSPS) is 10.1. The lowest BCUT2D eigenvalue weighted by Gasteiger charge is -2.06. The first-order valence-corrected chi connectivity index (χ1v) is 5.23. The van der Waals surface area contributed by atoms with Gasteiger partial charge in [-0.25, -0.2) is 9.78 Å². The summed E-state index contributed by atoms with van der Waals surface area (Å²) in [5, 5.41) is 8.88. The van der Waals surface area contributed by atoms with E-state index in [9.17, 15) is 4.79 Å². The molecule has 0 saturated carbocycles. The molecule has 2 aromatic rings. The molecule has 0 aliphatic carbocycles. The van der Waals surface area contributed by atoms with Crippen molar-refractivity contribution in [3.8, 4) is 11.5 Å². The van der Waals surface area contributed by atoms with Gasteiger partial charge in [0.25, 0.3) is 0 Å². The second kappa shape index (κ2) is 5.22. The van der Waals surface area contributed by atoms with Gasteiger partial charge in [-0.1, -0.05) is 6.07 Å². The summed E-state index contributed by atoms with van der Waals surface area (Å²) in [5.74, 6) is 0.191. The van der Waals surface area contributed by atoms with Crippen molar-refractivity contribution in [1.82, 2.24) is 9.97 Å². The van der Waals surface area contributed by atoms with Gasteiger partial charge in [0.1, 0.15) is 18.1 Å². The molecule has 6 nitrogen and oxygen atoms in total. The summed E-state index contributed by atoms with van der Waals surface area (Å²) in [6.45, 7) is 0.106. The van der Waals surface area contributed by atoms with Gasteiger partial charge in [-0.15, -0.1) is 0 Å². The highest BCUT2D eigenvalue weighted by Gasteiger charge is 2.13. The van der Waals surface area contributed by atoms with Crippen LogP contribution in [-0.2, 0) is 6.61 Å². The number of ether oxygens (including phenoxy) is 2. The van der Waals surface area contributed by atoms with E-state index < -0.39 is 5.97 Å². The summed E-state index contributed by atoms with van der Waals surface area (Å²) in [6.07, 6.45) is 1.33. The first-order valence-electron chi connectivity index (χ1n) is 5.23. The maximum absolute atomic E-state index is 10.8. The number of nitrogens with one attached hydrogen (secondary N) is 1. The van der Waals surface area contributed by atoms with E-state index in [1.54, 1.807) is 31.4 Å². The SMILES string of the molecule is COc1cccc(OCc2[nH]cnc2C(=O)O)c1. The van der Waals surface area contributed by atoms with E-state index in [0.29, 0.717) is 17.2 Å². The molecular formula is C12H12N2O4. The van der Waals surface area contributed by atoms with Crippen LogP contribution < -0.4 is 9.47 Å². The summed E-state index contributed by atoms with van der Waals surface area (Å²) in [6, 6.07) is 7.07. The molecule has 2 N–H and O–H groups in total. The number of hydrogen-bond donors (Lipinski definition) is 2. The average Bonchev–Trinajstić information content (AvgIpc) is 2.85. The highest BCUT2D eigenvalue weighted by Crippen LogP contribution is 2.20. The van der Waals surface area contributed by atoms with Crippen LogP contribution in [0.1, 0.15) is 16.2 Å². The van der Waals surface area contributed by atoms with Gasteiger partial charge in [-0.3, -0.25) is 0 Å². The Morgan fingerprint density at radius 1 is 1.44 bits per heavy atom. The molecule has 0 unspecified atom stereocenters. The molecule has 1 aromatic carbocycles. The van der Waals surface area contributed by atoms with Crippen molar-refractivity contribution in [2.75, 3.05) is 7.11 Å². The third-order valence-corrected chi connectivity index (χ3v) is 2.35. The van der Waals surface area contributed by atoms with Gasteiger partial charge in [0.15, 0.2) is 5.69 Å². The van der Waals surface area contributed by atoms with E-state index in [2.05, 4.69) is 9.97 Å². The maximum Gasteiger partial charge on any atom is 0.356 e. The lowest BCUT2D eigenvalue weighted by Crippen LogP contribution is -2.05. The summed E-state index contributed by atoms with van der Waals surface area (Å²) in [5.41, 5.74) is 0.392. The van der Waals surface area contributed by atoms with Crippen molar-refractivity contribution in [1.29, 1.82) is 0 Å². The summed E-state index contributed by atoms with van der Waals surface area (Å²) in [7, 11) is 1.57. The van der Waals surface area contributed by atoms with E-state index in [1.165, 1.54) is 6.33 Å². The van der Waals surface area contributed by atoms with Crippen molar-refractivity contribution in [3.05, 3.63) is 42.0 Å². The molecule has 0 fully saturated rings. The molecule has 0 spiro atoms. The van der Waals surface area contributed by atoms with Gasteiger partial charge < -0.3 is 19.6 Å². The smallest absolute Gasteiger partial charge is 0.356 e. The van der Waals surface area contributed by atoms with Crippen molar-refractivity contribution in [2.45, 2.75) is 6.61 Å². The zero-order valence-electron chi connectivity index (χ0n) is 9.71. The lowest BCUT2D eigenvalue weighted by atomic mass is 10.3. The number of carboxylic acids is 1. The number of carbonyl (C=O) groups is 1. The Morgan fingerprint density at radius 3 is 2.94 bits per heavy atom. The Morgan fingerprint density at radius 2 is 2.22 bits per heavy atom. The zero-order valence-corrected chi connectivity index (χ0v) is 9.71. The van der Waals surface area contributed by atoms with Crippen LogP contribution in [0.5, 0.6) is 11.5 Å². The first kappa shape index (κ1) is 12.0. The molecule has 0 bridgehead atoms. The summed E-state index contributed by atoms with van der Waals surface area (Å²) < 4.78 is 10.5. The second-order valence-corrected chi connectivity index (χ2v) is 3.50. The first-order chi connectivity index (χ1) is 8.70. The van der Waals surface area contributed by atoms with E-state index in [4.69, 9.17) is 14.6 Å². The molecule has 0 radical (unpaired) electrons. The van der Waals surface area contributed by atoms with E-state index in [-0.39, 0.29) is 12.3 Å². The van der Waals surface area contributed by atoms with Crippen LogP contribution in [0.3, 0.4) is 0 Å². The molecule has 1 aromatic heterocycles. The zero-order chi connectivity index (χ0) is 13.0. The number of rotatable bonds is 5. The minimum Gasteiger partial charge on any atom is -0.497 e. The predicted molar refractivity (Wildman–Crippen MR) is 62.9 cm³/mol. The van der Waals surface area contributed by atoms with Crippen LogP contribution >= 0.6 is 0 Å². The number of methoxy groups -OCH3 is 1.